The van der Waals surface area contributed by atoms with Gasteiger partial charge in [0.05, 0.1) is 10.6 Å². The van der Waals surface area contributed by atoms with E-state index in [9.17, 15) is 10.1 Å². The van der Waals surface area contributed by atoms with Crippen LogP contribution in [0.5, 0.6) is 0 Å². The van der Waals surface area contributed by atoms with Gasteiger partial charge in [0.25, 0.3) is 5.69 Å². The number of non-ortho nitro benzene ring substituents is 1. The molecule has 0 bridgehead atoms. The van der Waals surface area contributed by atoms with Crippen molar-refractivity contribution in [2.75, 3.05) is 5.43 Å². The van der Waals surface area contributed by atoms with E-state index in [0.29, 0.717) is 5.92 Å². The minimum absolute atomic E-state index is 0.0932. The van der Waals surface area contributed by atoms with Crippen molar-refractivity contribution in [1.29, 1.82) is 0 Å². The molecule has 18 heavy (non-hydrogen) atoms. The largest absolute Gasteiger partial charge is 0.279 e. The summed E-state index contributed by atoms with van der Waals surface area (Å²) in [4.78, 5) is 10.1. The zero-order valence-corrected chi connectivity index (χ0v) is 9.74. The second-order valence-electron chi connectivity index (χ2n) is 4.67. The number of hydrazone groups is 1. The van der Waals surface area contributed by atoms with Crippen molar-refractivity contribution in [2.24, 2.45) is 16.9 Å². The Kier molecular flexibility index (Phi) is 2.59. The van der Waals surface area contributed by atoms with Gasteiger partial charge in [-0.05, 0) is 30.9 Å². The molecule has 0 spiro atoms. The summed E-state index contributed by atoms with van der Waals surface area (Å²) in [6.07, 6.45) is 6.65. The summed E-state index contributed by atoms with van der Waals surface area (Å²) in [5, 5.41) is 14.9. The first-order valence-electron chi connectivity index (χ1n) is 5.97. The number of hydrogen-bond donors (Lipinski definition) is 1. The molecule has 92 valence electrons. The van der Waals surface area contributed by atoms with Crippen LogP contribution < -0.4 is 5.43 Å². The third-order valence-corrected chi connectivity index (χ3v) is 3.55. The van der Waals surface area contributed by atoms with Gasteiger partial charge >= 0.3 is 0 Å². The van der Waals surface area contributed by atoms with E-state index >= 15 is 0 Å². The number of anilines is 1. The number of rotatable bonds is 3. The van der Waals surface area contributed by atoms with Gasteiger partial charge in [0, 0.05) is 23.8 Å². The number of fused-ring (bicyclic) bond motifs is 1. The Bertz CT molecular complexity index is 534. The van der Waals surface area contributed by atoms with Crippen LogP contribution in [-0.4, -0.2) is 10.6 Å². The third-order valence-electron chi connectivity index (χ3n) is 3.55. The summed E-state index contributed by atoms with van der Waals surface area (Å²) in [7, 11) is 0. The Morgan fingerprint density at radius 3 is 2.78 bits per heavy atom. The number of benzene rings is 1. The van der Waals surface area contributed by atoms with E-state index < -0.39 is 4.92 Å². The highest BCUT2D eigenvalue weighted by Crippen LogP contribution is 2.40. The summed E-state index contributed by atoms with van der Waals surface area (Å²) in [5.41, 5.74) is 5.00. The molecule has 5 nitrogen and oxygen atoms in total. The maximum atomic E-state index is 10.5. The van der Waals surface area contributed by atoms with Gasteiger partial charge in [-0.2, -0.15) is 5.10 Å². The van der Waals surface area contributed by atoms with Crippen molar-refractivity contribution in [3.8, 4) is 0 Å². The molecule has 1 aromatic rings. The van der Waals surface area contributed by atoms with Crippen LogP contribution in [0.3, 0.4) is 0 Å². The standard InChI is InChI=1S/C13H13N3O2/c17-16(18)11-6-4-10(5-7-11)14-15-13-8-9-2-1-3-12(9)13/h1,3-7,9,12,14H,2,8H2. The van der Waals surface area contributed by atoms with Gasteiger partial charge in [0.15, 0.2) is 0 Å². The molecule has 0 amide bonds. The van der Waals surface area contributed by atoms with E-state index in [0.717, 1.165) is 18.0 Å². The lowest BCUT2D eigenvalue weighted by Gasteiger charge is -2.31. The lowest BCUT2D eigenvalue weighted by molar-refractivity contribution is -0.384. The Labute approximate surface area is 104 Å². The average molecular weight is 243 g/mol. The highest BCUT2D eigenvalue weighted by molar-refractivity contribution is 5.95. The first-order chi connectivity index (χ1) is 8.74. The van der Waals surface area contributed by atoms with Crippen molar-refractivity contribution in [3.63, 3.8) is 0 Å². The van der Waals surface area contributed by atoms with Crippen molar-refractivity contribution in [3.05, 3.63) is 46.5 Å². The molecule has 0 heterocycles. The van der Waals surface area contributed by atoms with Gasteiger partial charge in [-0.15, -0.1) is 0 Å². The number of hydrogen-bond acceptors (Lipinski definition) is 4. The van der Waals surface area contributed by atoms with Crippen LogP contribution in [-0.2, 0) is 0 Å². The molecule has 3 rings (SSSR count). The average Bonchev–Trinajstić information content (AvgIpc) is 2.72. The highest BCUT2D eigenvalue weighted by Gasteiger charge is 2.37. The maximum Gasteiger partial charge on any atom is 0.269 e. The van der Waals surface area contributed by atoms with Crippen LogP contribution in [0, 0.1) is 22.0 Å². The topological polar surface area (TPSA) is 67.5 Å². The molecule has 0 radical (unpaired) electrons. The van der Waals surface area contributed by atoms with E-state index in [4.69, 9.17) is 0 Å². The quantitative estimate of drug-likeness (QED) is 0.504. The molecule has 2 aliphatic carbocycles. The van der Waals surface area contributed by atoms with Gasteiger partial charge in [0.2, 0.25) is 0 Å². The fourth-order valence-electron chi connectivity index (χ4n) is 2.46. The van der Waals surface area contributed by atoms with Gasteiger partial charge in [-0.1, -0.05) is 12.2 Å². The molecule has 1 saturated carbocycles. The summed E-state index contributed by atoms with van der Waals surface area (Å²) < 4.78 is 0. The highest BCUT2D eigenvalue weighted by atomic mass is 16.6. The SMILES string of the molecule is O=[N+]([O-])c1ccc(NN=C2CC3CC=CC23)cc1. The van der Waals surface area contributed by atoms with Gasteiger partial charge < -0.3 is 0 Å². The predicted octanol–water partition coefficient (Wildman–Crippen LogP) is 2.96. The van der Waals surface area contributed by atoms with E-state index in [1.807, 2.05) is 0 Å². The molecule has 2 atom stereocenters. The van der Waals surface area contributed by atoms with E-state index in [-0.39, 0.29) is 5.69 Å². The fraction of sp³-hybridized carbons (Fsp3) is 0.308. The summed E-state index contributed by atoms with van der Waals surface area (Å²) in [6.45, 7) is 0. The molecule has 1 N–H and O–H groups in total. The number of nitrogens with zero attached hydrogens (tertiary/aromatic N) is 2. The Hall–Kier alpha value is -2.17. The van der Waals surface area contributed by atoms with Gasteiger partial charge in [-0.25, -0.2) is 0 Å². The molecule has 1 aromatic carbocycles. The molecule has 0 aromatic heterocycles. The fourth-order valence-corrected chi connectivity index (χ4v) is 2.46. The molecule has 2 unspecified atom stereocenters. The monoisotopic (exact) mass is 243 g/mol. The zero-order valence-electron chi connectivity index (χ0n) is 9.74. The van der Waals surface area contributed by atoms with E-state index in [1.54, 1.807) is 12.1 Å². The second kappa shape index (κ2) is 4.25. The van der Waals surface area contributed by atoms with Crippen LogP contribution >= 0.6 is 0 Å². The van der Waals surface area contributed by atoms with Crippen molar-refractivity contribution in [1.82, 2.24) is 0 Å². The Morgan fingerprint density at radius 1 is 1.33 bits per heavy atom. The normalized spacial score (nSPS) is 26.8. The molecular formula is C13H13N3O2. The van der Waals surface area contributed by atoms with Crippen molar-refractivity contribution >= 4 is 17.1 Å². The van der Waals surface area contributed by atoms with Gasteiger partial charge in [-0.3, -0.25) is 15.5 Å². The third kappa shape index (κ3) is 1.88. The number of nitrogens with one attached hydrogen (secondary N) is 1. The predicted molar refractivity (Wildman–Crippen MR) is 69.5 cm³/mol. The molecular weight excluding hydrogens is 230 g/mol. The van der Waals surface area contributed by atoms with Gasteiger partial charge in [0.1, 0.15) is 0 Å². The Morgan fingerprint density at radius 2 is 2.11 bits per heavy atom. The van der Waals surface area contributed by atoms with E-state index in [2.05, 4.69) is 22.7 Å². The van der Waals surface area contributed by atoms with Crippen LogP contribution in [0.25, 0.3) is 0 Å². The van der Waals surface area contributed by atoms with Crippen molar-refractivity contribution < 1.29 is 4.92 Å². The minimum atomic E-state index is -0.407. The second-order valence-corrected chi connectivity index (χ2v) is 4.67. The first-order valence-corrected chi connectivity index (χ1v) is 5.97. The summed E-state index contributed by atoms with van der Waals surface area (Å²) in [5.74, 6) is 1.26. The first kappa shape index (κ1) is 11.0. The molecule has 2 aliphatic rings. The minimum Gasteiger partial charge on any atom is -0.279 e. The molecule has 0 saturated heterocycles. The smallest absolute Gasteiger partial charge is 0.269 e. The number of nitro groups is 1. The Balaban J connectivity index is 1.65. The number of allylic oxidation sites excluding steroid dienone is 2. The number of nitro benzene ring substituents is 1. The van der Waals surface area contributed by atoms with Crippen LogP contribution in [0.2, 0.25) is 0 Å². The van der Waals surface area contributed by atoms with Crippen LogP contribution in [0.4, 0.5) is 11.4 Å². The lowest BCUT2D eigenvalue weighted by atomic mass is 9.74. The van der Waals surface area contributed by atoms with Crippen LogP contribution in [0.1, 0.15) is 12.8 Å². The zero-order chi connectivity index (χ0) is 12.5. The van der Waals surface area contributed by atoms with Crippen molar-refractivity contribution in [2.45, 2.75) is 12.8 Å². The van der Waals surface area contributed by atoms with Crippen LogP contribution in [0.15, 0.2) is 41.5 Å². The summed E-state index contributed by atoms with van der Waals surface area (Å²) >= 11 is 0. The molecule has 0 aliphatic heterocycles. The van der Waals surface area contributed by atoms with E-state index in [1.165, 1.54) is 24.3 Å². The molecule has 1 fully saturated rings. The maximum absolute atomic E-state index is 10.5. The lowest BCUT2D eigenvalue weighted by Crippen LogP contribution is -2.33. The molecule has 5 heteroatoms. The summed E-state index contributed by atoms with van der Waals surface area (Å²) in [6, 6.07) is 6.29.